The van der Waals surface area contributed by atoms with Crippen LogP contribution in [-0.4, -0.2) is 80.9 Å². The number of nitrogens with zero attached hydrogens (tertiary/aromatic N) is 2. The van der Waals surface area contributed by atoms with Crippen LogP contribution in [0.25, 0.3) is 22.3 Å². The average Bonchev–Trinajstić information content (AvgIpc) is 3.31. The van der Waals surface area contributed by atoms with Crippen LogP contribution in [0.3, 0.4) is 0 Å². The largest absolute Gasteiger partial charge is 0.505 e. The number of rotatable bonds is 11. The van der Waals surface area contributed by atoms with Gasteiger partial charge >= 0.3 is 5.97 Å². The predicted octanol–water partition coefficient (Wildman–Crippen LogP) is 12.5. The minimum Gasteiger partial charge on any atom is -0.505 e. The summed E-state index contributed by atoms with van der Waals surface area (Å²) in [6, 6.07) is 24.3. The van der Waals surface area contributed by atoms with Gasteiger partial charge in [0, 0.05) is 71.5 Å². The van der Waals surface area contributed by atoms with E-state index in [0.29, 0.717) is 49.4 Å². The van der Waals surface area contributed by atoms with Gasteiger partial charge in [0.2, 0.25) is 5.24 Å². The van der Waals surface area contributed by atoms with E-state index in [-0.39, 0.29) is 48.5 Å². The first-order valence-electron chi connectivity index (χ1n) is 23.6. The Morgan fingerprint density at radius 2 is 1.05 bits per heavy atom. The third-order valence-electron chi connectivity index (χ3n) is 11.8. The van der Waals surface area contributed by atoms with Crippen LogP contribution in [0.1, 0.15) is 80.7 Å². The number of carbonyl (C=O) groups excluding carboxylic acids is 4. The van der Waals surface area contributed by atoms with Crippen molar-refractivity contribution in [2.75, 3.05) is 30.9 Å². The highest BCUT2D eigenvalue weighted by molar-refractivity contribution is 7.92. The number of phenols is 1. The maximum Gasteiger partial charge on any atom is 0.316 e. The van der Waals surface area contributed by atoms with Crippen LogP contribution in [0.5, 0.6) is 11.5 Å². The molecule has 2 saturated heterocycles. The van der Waals surface area contributed by atoms with Gasteiger partial charge in [0.1, 0.15) is 33.1 Å². The molecule has 6 aromatic carbocycles. The smallest absolute Gasteiger partial charge is 0.316 e. The van der Waals surface area contributed by atoms with Gasteiger partial charge in [-0.25, -0.2) is 34.4 Å². The van der Waals surface area contributed by atoms with E-state index in [1.54, 1.807) is 102 Å². The summed E-state index contributed by atoms with van der Waals surface area (Å²) in [4.78, 5) is 50.0. The van der Waals surface area contributed by atoms with Gasteiger partial charge in [0.15, 0.2) is 21.3 Å². The Bertz CT molecular complexity index is 3480. The van der Waals surface area contributed by atoms with Gasteiger partial charge in [-0.2, -0.15) is 0 Å². The van der Waals surface area contributed by atoms with Crippen LogP contribution in [0.2, 0.25) is 10.0 Å². The van der Waals surface area contributed by atoms with Crippen molar-refractivity contribution in [3.8, 4) is 33.8 Å². The fraction of sp³-hybridized carbons (Fsp3) is 0.273. The first kappa shape index (κ1) is 59.7. The van der Waals surface area contributed by atoms with Crippen LogP contribution in [0, 0.1) is 34.1 Å². The Hall–Kier alpha value is -6.51. The van der Waals surface area contributed by atoms with Crippen molar-refractivity contribution in [2.45, 2.75) is 69.9 Å². The Morgan fingerprint density at radius 1 is 0.610 bits per heavy atom. The summed E-state index contributed by atoms with van der Waals surface area (Å²) >= 11 is 17.4. The van der Waals surface area contributed by atoms with E-state index in [2.05, 4.69) is 4.72 Å². The third kappa shape index (κ3) is 14.6. The molecule has 0 atom stereocenters. The molecule has 408 valence electrons. The summed E-state index contributed by atoms with van der Waals surface area (Å²) < 4.78 is 119. The van der Waals surface area contributed by atoms with Crippen LogP contribution in [0.4, 0.5) is 23.2 Å². The second kappa shape index (κ2) is 24.0. The number of ether oxygens (including phenoxy) is 1. The third-order valence-corrected chi connectivity index (χ3v) is 16.0. The maximum absolute atomic E-state index is 14.8. The summed E-state index contributed by atoms with van der Waals surface area (Å²) in [6.45, 7) is 12.1. The molecule has 8 rings (SSSR count). The molecule has 13 nitrogen and oxygen atoms in total. The molecular formula is C55H52Cl3F4N3O10S2. The molecule has 0 unspecified atom stereocenters. The molecule has 0 aromatic heterocycles. The van der Waals surface area contributed by atoms with E-state index in [9.17, 15) is 58.7 Å². The number of likely N-dealkylation sites (tertiary alicyclic amines) is 2. The number of halogens is 7. The van der Waals surface area contributed by atoms with Gasteiger partial charge in [-0.15, -0.1) is 0 Å². The number of esters is 1. The lowest BCUT2D eigenvalue weighted by molar-refractivity contribution is -0.143. The van der Waals surface area contributed by atoms with Crippen molar-refractivity contribution in [1.82, 2.24) is 9.80 Å². The first-order valence-corrected chi connectivity index (χ1v) is 27.9. The van der Waals surface area contributed by atoms with Crippen LogP contribution in [-0.2, 0) is 35.2 Å². The molecule has 0 radical (unpaired) electrons. The standard InChI is InChI=1S/C27H25ClF2N2O5S.C23H18ClF2NO4S.C5H9ClO/c1-27(2,3)26(34)37-24-19(28)12-17(25(33)32-10-7-11-32)13-23(24)38(35,36)31-22-14-18(20(29)15-21(22)30)16-8-5-4-6-9-16;24-18-10-15(23(29)27-7-4-8-27)11-21(22(18)28)32(30,31)13-16-9-17(20(26)12-19(16)25)14-5-2-1-3-6-14;1-5(2,3)4(6)7/h4-6,8-9,12-15,31H,7,10-11H2,1-3H3;1-3,5-6,9-12,28H,4,7-8,13H2;1-3H3. The number of anilines is 1. The number of sulfonamides is 1. The lowest BCUT2D eigenvalue weighted by atomic mass is 9.97. The molecule has 0 spiro atoms. The average molecular weight is 1160 g/mol. The van der Waals surface area contributed by atoms with Crippen molar-refractivity contribution >= 4 is 83.4 Å². The maximum atomic E-state index is 14.8. The summed E-state index contributed by atoms with van der Waals surface area (Å²) in [5.41, 5.74) is -1.39. The molecule has 22 heteroatoms. The molecule has 2 aliphatic heterocycles. The molecule has 2 heterocycles. The Balaban J connectivity index is 0.000000224. The van der Waals surface area contributed by atoms with E-state index in [4.69, 9.17) is 39.5 Å². The van der Waals surface area contributed by atoms with E-state index in [0.717, 1.165) is 37.1 Å². The summed E-state index contributed by atoms with van der Waals surface area (Å²) in [6.07, 6.45) is 1.65. The zero-order valence-electron chi connectivity index (χ0n) is 42.3. The molecule has 0 aliphatic carbocycles. The second-order valence-corrected chi connectivity index (χ2v) is 24.6. The summed E-state index contributed by atoms with van der Waals surface area (Å²) in [5.74, 6) is -7.66. The number of carbonyl (C=O) groups is 4. The highest BCUT2D eigenvalue weighted by Crippen LogP contribution is 2.39. The topological polar surface area (TPSA) is 185 Å². The highest BCUT2D eigenvalue weighted by Gasteiger charge is 2.34. The van der Waals surface area contributed by atoms with E-state index >= 15 is 0 Å². The van der Waals surface area contributed by atoms with E-state index in [1.165, 1.54) is 21.9 Å². The number of sulfone groups is 1. The first-order chi connectivity index (χ1) is 35.9. The Kier molecular flexibility index (Phi) is 18.6. The summed E-state index contributed by atoms with van der Waals surface area (Å²) in [7, 11) is -9.05. The molecule has 6 aromatic rings. The van der Waals surface area contributed by atoms with Gasteiger partial charge in [-0.1, -0.05) is 105 Å². The molecule has 0 bridgehead atoms. The van der Waals surface area contributed by atoms with Gasteiger partial charge in [-0.05, 0) is 92.7 Å². The molecule has 2 aliphatic rings. The lowest BCUT2D eigenvalue weighted by Gasteiger charge is -2.31. The Morgan fingerprint density at radius 3 is 1.49 bits per heavy atom. The minimum atomic E-state index is -4.71. The quantitative estimate of drug-likeness (QED) is 0.0547. The van der Waals surface area contributed by atoms with Gasteiger partial charge in [-0.3, -0.25) is 23.9 Å². The molecule has 0 saturated carbocycles. The van der Waals surface area contributed by atoms with Crippen molar-refractivity contribution in [2.24, 2.45) is 10.8 Å². The van der Waals surface area contributed by atoms with Crippen LogP contribution >= 0.6 is 34.8 Å². The predicted molar refractivity (Wildman–Crippen MR) is 286 cm³/mol. The number of phenolic OH excluding ortho intramolecular Hbond substituents is 1. The molecule has 77 heavy (non-hydrogen) atoms. The molecule has 2 amide bonds. The van der Waals surface area contributed by atoms with Gasteiger partial charge in [0.05, 0.1) is 26.9 Å². The second-order valence-electron chi connectivity index (χ2n) is 19.9. The van der Waals surface area contributed by atoms with Crippen molar-refractivity contribution < 1.29 is 63.4 Å². The minimum absolute atomic E-state index is 0.00984. The molecule has 2 N–H and O–H groups in total. The fourth-order valence-corrected chi connectivity index (χ4v) is 10.4. The summed E-state index contributed by atoms with van der Waals surface area (Å²) in [5, 5.41) is 9.40. The van der Waals surface area contributed by atoms with Crippen LogP contribution < -0.4 is 9.46 Å². The number of amides is 2. The highest BCUT2D eigenvalue weighted by atomic mass is 35.5. The molecular weight excluding hydrogens is 1110 g/mol. The van der Waals surface area contributed by atoms with Crippen LogP contribution in [0.15, 0.2) is 119 Å². The lowest BCUT2D eigenvalue weighted by Crippen LogP contribution is -2.42. The van der Waals surface area contributed by atoms with Gasteiger partial charge in [0.25, 0.3) is 21.8 Å². The van der Waals surface area contributed by atoms with Gasteiger partial charge < -0.3 is 19.6 Å². The zero-order chi connectivity index (χ0) is 56.9. The molecule has 2 fully saturated rings. The fourth-order valence-electron chi connectivity index (χ4n) is 7.07. The monoisotopic (exact) mass is 1160 g/mol. The number of aromatic hydroxyl groups is 1. The number of hydrogen-bond acceptors (Lipinski definition) is 10. The number of nitrogens with one attached hydrogen (secondary N) is 1. The number of benzene rings is 6. The van der Waals surface area contributed by atoms with Crippen molar-refractivity contribution in [3.05, 3.63) is 159 Å². The van der Waals surface area contributed by atoms with E-state index in [1.807, 2.05) is 0 Å². The van der Waals surface area contributed by atoms with Crippen molar-refractivity contribution in [1.29, 1.82) is 0 Å². The normalized spacial score (nSPS) is 13.4. The zero-order valence-corrected chi connectivity index (χ0v) is 46.2. The number of hydrogen-bond donors (Lipinski definition) is 2. The van der Waals surface area contributed by atoms with E-state index < -0.39 is 99.1 Å². The SMILES string of the molecule is CC(C)(C)C(=O)Cl.CC(C)(C)C(=O)Oc1c(Cl)cc(C(=O)N2CCC2)cc1S(=O)(=O)Nc1cc(-c2ccccc2)c(F)cc1F.O=C(c1cc(Cl)c(O)c(S(=O)(=O)Cc2cc(-c3ccccc3)c(F)cc2F)c1)N1CCC1. The Labute approximate surface area is 458 Å². The van der Waals surface area contributed by atoms with Crippen molar-refractivity contribution in [3.63, 3.8) is 0 Å².